The van der Waals surface area contributed by atoms with Gasteiger partial charge in [0.25, 0.3) is 0 Å². The summed E-state index contributed by atoms with van der Waals surface area (Å²) in [5.41, 5.74) is 17.2. The number of hydrogen-bond donors (Lipinski definition) is 3. The molecule has 40 heavy (non-hydrogen) atoms. The number of hydrogen-bond acceptors (Lipinski definition) is 6. The highest BCUT2D eigenvalue weighted by Crippen LogP contribution is 2.44. The Kier molecular flexibility index (Phi) is 13.9. The molecule has 0 fully saturated rings. The Hall–Kier alpha value is -0.240. The van der Waals surface area contributed by atoms with Crippen LogP contribution in [-0.2, 0) is 14.2 Å². The van der Waals surface area contributed by atoms with E-state index in [-0.39, 0.29) is 56.6 Å². The molecule has 3 unspecified atom stereocenters. The van der Waals surface area contributed by atoms with E-state index in [0.717, 1.165) is 19.3 Å². The molecular weight excluding hydrogens is 498 g/mol. The van der Waals surface area contributed by atoms with Crippen molar-refractivity contribution in [2.75, 3.05) is 19.8 Å². The Bertz CT molecular complexity index is 701. The minimum atomic E-state index is -0.336. The Morgan fingerprint density at radius 2 is 0.725 bits per heavy atom. The third kappa shape index (κ3) is 14.3. The zero-order valence-corrected chi connectivity index (χ0v) is 30.0. The molecule has 0 saturated heterocycles. The van der Waals surface area contributed by atoms with Gasteiger partial charge in [0.05, 0.1) is 36.6 Å². The van der Waals surface area contributed by atoms with Crippen LogP contribution < -0.4 is 17.2 Å². The molecule has 0 aromatic heterocycles. The smallest absolute Gasteiger partial charge is 0.0677 e. The number of ether oxygens (including phenoxy) is 3. The monoisotopic (exact) mass is 572 g/mol. The van der Waals surface area contributed by atoms with Crippen molar-refractivity contribution in [2.24, 2.45) is 46.3 Å². The topological polar surface area (TPSA) is 106 Å². The van der Waals surface area contributed by atoms with E-state index in [1.54, 1.807) is 0 Å². The molecule has 0 amide bonds. The summed E-state index contributed by atoms with van der Waals surface area (Å²) in [6, 6.07) is 0. The van der Waals surface area contributed by atoms with Gasteiger partial charge < -0.3 is 31.4 Å². The van der Waals surface area contributed by atoms with Crippen LogP contribution in [0.2, 0.25) is 0 Å². The zero-order valence-electron chi connectivity index (χ0n) is 30.0. The first-order valence-corrected chi connectivity index (χ1v) is 15.7. The molecule has 0 spiro atoms. The molecule has 3 atom stereocenters. The van der Waals surface area contributed by atoms with Crippen molar-refractivity contribution in [1.29, 1.82) is 0 Å². The highest BCUT2D eigenvalue weighted by atomic mass is 16.5. The second-order valence-electron chi connectivity index (χ2n) is 17.5. The van der Waals surface area contributed by atoms with Crippen LogP contribution in [-0.4, -0.2) is 53.2 Å². The van der Waals surface area contributed by atoms with Gasteiger partial charge in [-0.15, -0.1) is 0 Å². The predicted octanol–water partition coefficient (Wildman–Crippen LogP) is 7.30. The summed E-state index contributed by atoms with van der Waals surface area (Å²) in [6.07, 6.45) is 2.82. The van der Waals surface area contributed by atoms with Crippen molar-refractivity contribution in [3.63, 3.8) is 0 Å². The number of rotatable bonds is 19. The van der Waals surface area contributed by atoms with Crippen molar-refractivity contribution < 1.29 is 14.2 Å². The van der Waals surface area contributed by atoms with Crippen LogP contribution in [0.1, 0.15) is 137 Å². The maximum absolute atomic E-state index is 6.61. The molecular formula is C34H73N3O3. The minimum Gasteiger partial charge on any atom is -0.375 e. The standard InChI is InChI=1S/C34H73N3O3/c1-24(31(10,11)35)21-38-29(6,7)19-27(20-30(8,9)39-22-25(2)32(12,13)36)18-28(4,5)34(16,17)40-23-26(3)33(14,15)37/h24-27H,18-23,35-37H2,1-17H3. The Labute approximate surface area is 250 Å². The molecule has 242 valence electrons. The maximum Gasteiger partial charge on any atom is 0.0677 e. The van der Waals surface area contributed by atoms with Gasteiger partial charge in [0, 0.05) is 16.6 Å². The van der Waals surface area contributed by atoms with Crippen LogP contribution in [0, 0.1) is 29.1 Å². The van der Waals surface area contributed by atoms with Gasteiger partial charge in [-0.3, -0.25) is 0 Å². The summed E-state index contributed by atoms with van der Waals surface area (Å²) >= 11 is 0. The van der Waals surface area contributed by atoms with Gasteiger partial charge in [0.15, 0.2) is 0 Å². The molecule has 0 rings (SSSR count). The summed E-state index contributed by atoms with van der Waals surface area (Å²) < 4.78 is 19.7. The summed E-state index contributed by atoms with van der Waals surface area (Å²) in [4.78, 5) is 0. The summed E-state index contributed by atoms with van der Waals surface area (Å²) in [7, 11) is 0. The van der Waals surface area contributed by atoms with Crippen LogP contribution in [0.3, 0.4) is 0 Å². The lowest BCUT2D eigenvalue weighted by Gasteiger charge is -2.46. The molecule has 0 radical (unpaired) electrons. The fourth-order valence-electron chi connectivity index (χ4n) is 4.57. The largest absolute Gasteiger partial charge is 0.375 e. The van der Waals surface area contributed by atoms with Crippen molar-refractivity contribution >= 4 is 0 Å². The Morgan fingerprint density at radius 3 is 1.00 bits per heavy atom. The molecule has 0 bridgehead atoms. The maximum atomic E-state index is 6.61. The van der Waals surface area contributed by atoms with E-state index >= 15 is 0 Å². The molecule has 0 aliphatic heterocycles. The second kappa shape index (κ2) is 14.0. The molecule has 0 aromatic carbocycles. The second-order valence-corrected chi connectivity index (χ2v) is 17.5. The molecule has 6 heteroatoms. The Morgan fingerprint density at radius 1 is 0.450 bits per heavy atom. The molecule has 6 nitrogen and oxygen atoms in total. The lowest BCUT2D eigenvalue weighted by atomic mass is 9.67. The van der Waals surface area contributed by atoms with Gasteiger partial charge >= 0.3 is 0 Å². The predicted molar refractivity (Wildman–Crippen MR) is 174 cm³/mol. The molecule has 0 aromatic rings. The molecule has 0 heterocycles. The first-order chi connectivity index (χ1) is 17.4. The van der Waals surface area contributed by atoms with Crippen LogP contribution in [0.25, 0.3) is 0 Å². The zero-order chi connectivity index (χ0) is 32.2. The average Bonchev–Trinajstić information content (AvgIpc) is 2.70. The highest BCUT2D eigenvalue weighted by molar-refractivity contribution is 4.93. The quantitative estimate of drug-likeness (QED) is 0.150. The van der Waals surface area contributed by atoms with E-state index in [0.29, 0.717) is 25.7 Å². The van der Waals surface area contributed by atoms with Gasteiger partial charge in [0.1, 0.15) is 0 Å². The Balaban J connectivity index is 5.89. The van der Waals surface area contributed by atoms with E-state index < -0.39 is 0 Å². The van der Waals surface area contributed by atoms with E-state index in [2.05, 4.69) is 118 Å². The lowest BCUT2D eigenvalue weighted by molar-refractivity contribution is -0.130. The van der Waals surface area contributed by atoms with Crippen molar-refractivity contribution in [1.82, 2.24) is 0 Å². The van der Waals surface area contributed by atoms with E-state index in [4.69, 9.17) is 31.4 Å². The van der Waals surface area contributed by atoms with Gasteiger partial charge in [-0.2, -0.15) is 0 Å². The van der Waals surface area contributed by atoms with Crippen LogP contribution in [0.4, 0.5) is 0 Å². The normalized spacial score (nSPS) is 18.0. The third-order valence-electron chi connectivity index (χ3n) is 9.94. The van der Waals surface area contributed by atoms with Gasteiger partial charge in [-0.1, -0.05) is 34.6 Å². The SMILES string of the molecule is CC(COC(C)(C)CC(CC(C)(C)OCC(C)C(C)(C)N)CC(C)(C)C(C)(C)OCC(C)C(C)(C)N)C(C)(C)N. The fraction of sp³-hybridized carbons (Fsp3) is 1.00. The third-order valence-corrected chi connectivity index (χ3v) is 9.94. The fourth-order valence-corrected chi connectivity index (χ4v) is 4.57. The van der Waals surface area contributed by atoms with Crippen molar-refractivity contribution in [3.8, 4) is 0 Å². The first-order valence-electron chi connectivity index (χ1n) is 15.7. The molecule has 0 aliphatic rings. The summed E-state index contributed by atoms with van der Waals surface area (Å²) in [6.45, 7) is 38.8. The molecule has 6 N–H and O–H groups in total. The van der Waals surface area contributed by atoms with Crippen LogP contribution >= 0.6 is 0 Å². The van der Waals surface area contributed by atoms with Gasteiger partial charge in [-0.25, -0.2) is 0 Å². The highest BCUT2D eigenvalue weighted by Gasteiger charge is 2.43. The summed E-state index contributed by atoms with van der Waals surface area (Å²) in [5, 5.41) is 0. The lowest BCUT2D eigenvalue weighted by Crippen LogP contribution is -2.48. The minimum absolute atomic E-state index is 0.0959. The average molecular weight is 572 g/mol. The summed E-state index contributed by atoms with van der Waals surface area (Å²) in [5.74, 6) is 1.11. The molecule has 0 saturated carbocycles. The van der Waals surface area contributed by atoms with Gasteiger partial charge in [-0.05, 0) is 131 Å². The van der Waals surface area contributed by atoms with Gasteiger partial charge in [0.2, 0.25) is 0 Å². The van der Waals surface area contributed by atoms with Crippen LogP contribution in [0.5, 0.6) is 0 Å². The number of nitrogens with two attached hydrogens (primary N) is 3. The van der Waals surface area contributed by atoms with E-state index in [1.165, 1.54) is 0 Å². The van der Waals surface area contributed by atoms with Crippen LogP contribution in [0.15, 0.2) is 0 Å². The van der Waals surface area contributed by atoms with Crippen molar-refractivity contribution in [2.45, 2.75) is 170 Å². The first kappa shape index (κ1) is 39.8. The van der Waals surface area contributed by atoms with E-state index in [9.17, 15) is 0 Å². The van der Waals surface area contributed by atoms with Crippen molar-refractivity contribution in [3.05, 3.63) is 0 Å². The molecule has 0 aliphatic carbocycles. The van der Waals surface area contributed by atoms with E-state index in [1.807, 2.05) is 0 Å².